The molecule has 0 amide bonds. The van der Waals surface area contributed by atoms with Crippen LogP contribution < -0.4 is 14.8 Å². The number of halogens is 1. The number of rotatable bonds is 4. The zero-order chi connectivity index (χ0) is 11.8. The van der Waals surface area contributed by atoms with Crippen LogP contribution in [0.1, 0.15) is 12.8 Å². The van der Waals surface area contributed by atoms with Gasteiger partial charge in [0.2, 0.25) is 11.8 Å². The van der Waals surface area contributed by atoms with E-state index in [1.807, 2.05) is 0 Å². The Balaban J connectivity index is 1.60. The summed E-state index contributed by atoms with van der Waals surface area (Å²) in [7, 11) is 1.58. The molecule has 2 unspecified atom stereocenters. The van der Waals surface area contributed by atoms with Gasteiger partial charge in [0.25, 0.3) is 0 Å². The number of fused-ring (bicyclic) bond motifs is 1. The number of pyridine rings is 1. The maximum Gasteiger partial charge on any atom is 0.235 e. The predicted octanol–water partition coefficient (Wildman–Crippen LogP) is 1.87. The minimum absolute atomic E-state index is 0.433. The van der Waals surface area contributed by atoms with Crippen molar-refractivity contribution in [2.45, 2.75) is 24.9 Å². The first-order valence-corrected chi connectivity index (χ1v) is 6.23. The highest BCUT2D eigenvalue weighted by Crippen LogP contribution is 2.40. The zero-order valence-corrected chi connectivity index (χ0v) is 10.4. The number of hydrogen-bond donors (Lipinski definition) is 1. The lowest BCUT2D eigenvalue weighted by atomic mass is 10.2. The molecule has 0 spiro atoms. The molecule has 1 N–H and O–H groups in total. The molecule has 1 saturated carbocycles. The molecule has 1 aliphatic heterocycles. The van der Waals surface area contributed by atoms with Gasteiger partial charge in [-0.25, -0.2) is 0 Å². The summed E-state index contributed by atoms with van der Waals surface area (Å²) in [6.45, 7) is 0.618. The molecule has 5 heteroatoms. The van der Waals surface area contributed by atoms with Gasteiger partial charge in [-0.05, 0) is 24.8 Å². The number of nitrogens with one attached hydrogen (secondary N) is 1. The van der Waals surface area contributed by atoms with Crippen molar-refractivity contribution in [3.8, 4) is 11.8 Å². The van der Waals surface area contributed by atoms with Gasteiger partial charge in [0.1, 0.15) is 11.6 Å². The van der Waals surface area contributed by atoms with E-state index in [2.05, 4.69) is 10.3 Å². The summed E-state index contributed by atoms with van der Waals surface area (Å²) in [5.74, 6) is 1.84. The minimum Gasteiger partial charge on any atom is -0.481 e. The van der Waals surface area contributed by atoms with Crippen molar-refractivity contribution in [2.75, 3.05) is 13.7 Å². The molecule has 0 aromatic carbocycles. The lowest BCUT2D eigenvalue weighted by molar-refractivity contribution is 0.255. The van der Waals surface area contributed by atoms with Gasteiger partial charge in [-0.2, -0.15) is 4.98 Å². The number of hydrogen-bond acceptors (Lipinski definition) is 4. The Bertz CT molecular complexity index is 417. The van der Waals surface area contributed by atoms with Crippen LogP contribution in [0.3, 0.4) is 0 Å². The quantitative estimate of drug-likeness (QED) is 0.891. The van der Waals surface area contributed by atoms with Crippen LogP contribution in [0.15, 0.2) is 12.1 Å². The van der Waals surface area contributed by atoms with Crippen LogP contribution in [0, 0.1) is 5.92 Å². The number of nitrogens with zero attached hydrogens (tertiary/aromatic N) is 1. The van der Waals surface area contributed by atoms with Crippen LogP contribution in [0.2, 0.25) is 5.02 Å². The van der Waals surface area contributed by atoms with Crippen molar-refractivity contribution < 1.29 is 9.47 Å². The van der Waals surface area contributed by atoms with E-state index in [9.17, 15) is 0 Å². The molecule has 2 heterocycles. The van der Waals surface area contributed by atoms with Crippen LogP contribution in [0.5, 0.6) is 11.8 Å². The second-order valence-corrected chi connectivity index (χ2v) is 5.06. The van der Waals surface area contributed by atoms with Crippen molar-refractivity contribution in [1.29, 1.82) is 0 Å². The zero-order valence-electron chi connectivity index (χ0n) is 9.65. The lowest BCUT2D eigenvalue weighted by Gasteiger charge is -2.14. The van der Waals surface area contributed by atoms with Gasteiger partial charge in [0.05, 0.1) is 7.11 Å². The minimum atomic E-state index is 0.433. The van der Waals surface area contributed by atoms with E-state index >= 15 is 0 Å². The summed E-state index contributed by atoms with van der Waals surface area (Å²) in [4.78, 5) is 4.18. The highest BCUT2D eigenvalue weighted by atomic mass is 35.5. The van der Waals surface area contributed by atoms with Crippen LogP contribution in [0.4, 0.5) is 0 Å². The highest BCUT2D eigenvalue weighted by molar-refractivity contribution is 6.31. The van der Waals surface area contributed by atoms with Crippen molar-refractivity contribution in [3.05, 3.63) is 17.2 Å². The predicted molar refractivity (Wildman–Crippen MR) is 64.7 cm³/mol. The summed E-state index contributed by atoms with van der Waals surface area (Å²) in [5, 5.41) is 4.04. The van der Waals surface area contributed by atoms with E-state index < -0.39 is 0 Å². The third-order valence-corrected chi connectivity index (χ3v) is 3.67. The van der Waals surface area contributed by atoms with Gasteiger partial charge in [-0.1, -0.05) is 11.6 Å². The van der Waals surface area contributed by atoms with Crippen molar-refractivity contribution in [1.82, 2.24) is 10.3 Å². The molecule has 3 rings (SSSR count). The van der Waals surface area contributed by atoms with E-state index in [4.69, 9.17) is 21.1 Å². The Kier molecular flexibility index (Phi) is 2.84. The third-order valence-electron chi connectivity index (χ3n) is 3.38. The molecule has 17 heavy (non-hydrogen) atoms. The first kappa shape index (κ1) is 11.1. The molecule has 1 aromatic heterocycles. The van der Waals surface area contributed by atoms with Gasteiger partial charge in [0, 0.05) is 18.2 Å². The molecule has 3 atom stereocenters. The fourth-order valence-corrected chi connectivity index (χ4v) is 2.53. The number of methoxy groups -OCH3 is 1. The van der Waals surface area contributed by atoms with E-state index in [1.54, 1.807) is 19.2 Å². The monoisotopic (exact) mass is 254 g/mol. The summed E-state index contributed by atoms with van der Waals surface area (Å²) < 4.78 is 10.7. The molecule has 1 aromatic rings. The lowest BCUT2D eigenvalue weighted by Crippen LogP contribution is -2.31. The van der Waals surface area contributed by atoms with Crippen molar-refractivity contribution in [3.63, 3.8) is 0 Å². The molecular weight excluding hydrogens is 240 g/mol. The molecule has 92 valence electrons. The normalized spacial score (nSPS) is 29.9. The Morgan fingerprint density at radius 2 is 2.35 bits per heavy atom. The van der Waals surface area contributed by atoms with E-state index in [0.29, 0.717) is 29.4 Å². The molecule has 1 aliphatic carbocycles. The van der Waals surface area contributed by atoms with Crippen molar-refractivity contribution >= 4 is 11.6 Å². The number of aromatic nitrogens is 1. The first-order valence-electron chi connectivity index (χ1n) is 5.85. The van der Waals surface area contributed by atoms with Gasteiger partial charge < -0.3 is 14.8 Å². The maximum absolute atomic E-state index is 6.01. The van der Waals surface area contributed by atoms with E-state index in [1.165, 1.54) is 12.8 Å². The average molecular weight is 255 g/mol. The van der Waals surface area contributed by atoms with Crippen LogP contribution in [0.25, 0.3) is 0 Å². The molecule has 1 saturated heterocycles. The fraction of sp³-hybridized carbons (Fsp3) is 0.583. The standard InChI is InChI=1S/C12H15ClN2O2/c1-16-11-3-2-9(13)12(15-11)17-6-8-4-7-5-10(7)14-8/h2-3,7-8,10,14H,4-6H2,1H3/t7?,8-,10?/m1/s1. The summed E-state index contributed by atoms with van der Waals surface area (Å²) in [6.07, 6.45) is 2.53. The Hall–Kier alpha value is -1.00. The van der Waals surface area contributed by atoms with Gasteiger partial charge in [-0.3, -0.25) is 0 Å². The third kappa shape index (κ3) is 2.33. The summed E-state index contributed by atoms with van der Waals surface area (Å²) in [6, 6.07) is 4.63. The maximum atomic E-state index is 6.01. The van der Waals surface area contributed by atoms with E-state index in [-0.39, 0.29) is 0 Å². The molecule has 0 radical (unpaired) electrons. The summed E-state index contributed by atoms with van der Waals surface area (Å²) >= 11 is 6.01. The van der Waals surface area contributed by atoms with Crippen LogP contribution in [-0.4, -0.2) is 30.8 Å². The average Bonchev–Trinajstić information content (AvgIpc) is 2.96. The number of piperidine rings is 1. The SMILES string of the molecule is COc1ccc(Cl)c(OC[C@H]2CC3CC3N2)n1. The molecular formula is C12H15ClN2O2. The van der Waals surface area contributed by atoms with Gasteiger partial charge >= 0.3 is 0 Å². The summed E-state index contributed by atoms with van der Waals surface area (Å²) in [5.41, 5.74) is 0. The van der Waals surface area contributed by atoms with Crippen molar-refractivity contribution in [2.24, 2.45) is 5.92 Å². The molecule has 2 aliphatic rings. The molecule has 0 bridgehead atoms. The second-order valence-electron chi connectivity index (χ2n) is 4.65. The second kappa shape index (κ2) is 4.35. The fourth-order valence-electron chi connectivity index (χ4n) is 2.37. The molecule has 2 fully saturated rings. The number of ether oxygens (including phenoxy) is 2. The molecule has 4 nitrogen and oxygen atoms in total. The topological polar surface area (TPSA) is 43.4 Å². The van der Waals surface area contributed by atoms with Gasteiger partial charge in [-0.15, -0.1) is 0 Å². The van der Waals surface area contributed by atoms with Gasteiger partial charge in [0.15, 0.2) is 0 Å². The van der Waals surface area contributed by atoms with E-state index in [0.717, 1.165) is 12.0 Å². The largest absolute Gasteiger partial charge is 0.481 e. The Morgan fingerprint density at radius 1 is 1.47 bits per heavy atom. The Morgan fingerprint density at radius 3 is 3.06 bits per heavy atom. The van der Waals surface area contributed by atoms with Crippen LogP contribution in [-0.2, 0) is 0 Å². The highest BCUT2D eigenvalue weighted by Gasteiger charge is 2.45. The first-order chi connectivity index (χ1) is 8.26. The Labute approximate surface area is 105 Å². The smallest absolute Gasteiger partial charge is 0.235 e. The van der Waals surface area contributed by atoms with Crippen LogP contribution >= 0.6 is 11.6 Å².